The van der Waals surface area contributed by atoms with Gasteiger partial charge in [-0.3, -0.25) is 0 Å². The Morgan fingerprint density at radius 2 is 1.12 bits per heavy atom. The highest BCUT2D eigenvalue weighted by molar-refractivity contribution is 5.83. The Balaban J connectivity index is 1.60. The number of fused-ring (bicyclic) bond motifs is 5. The fourth-order valence-corrected chi connectivity index (χ4v) is 6.61. The molecule has 0 saturated carbocycles. The first-order valence-corrected chi connectivity index (χ1v) is 12.0. The van der Waals surface area contributed by atoms with Crippen molar-refractivity contribution in [2.24, 2.45) is 0 Å². The van der Waals surface area contributed by atoms with E-state index in [-0.39, 0.29) is 23.4 Å². The molecule has 5 aromatic rings. The maximum Gasteiger partial charge on any atom is 0.110 e. The van der Waals surface area contributed by atoms with Crippen molar-refractivity contribution in [3.63, 3.8) is 0 Å². The molecule has 0 amide bonds. The van der Waals surface area contributed by atoms with Gasteiger partial charge in [0.2, 0.25) is 0 Å². The molecular formula is C32H25NO. The molecule has 0 radical (unpaired) electrons. The van der Waals surface area contributed by atoms with Crippen LogP contribution < -0.4 is 5.32 Å². The highest BCUT2D eigenvalue weighted by Gasteiger charge is 2.62. The molecule has 1 aromatic heterocycles. The predicted molar refractivity (Wildman–Crippen MR) is 136 cm³/mol. The summed E-state index contributed by atoms with van der Waals surface area (Å²) in [5.41, 5.74) is 7.66. The largest absolute Gasteiger partial charge is 0.469 e. The highest BCUT2D eigenvalue weighted by atomic mass is 16.3. The standard InChI is InChI=1S/C32H25NO/c1-3-12-22(13-4-1)30-29(28-20-11-21-34-28)32(31(33-30)23-14-5-2-6-15-23)26-18-9-7-16-24(26)25-17-8-10-19-27(25)32/h1-21,29-31,33H/t29-,30+,31-/m0/s1. The van der Waals surface area contributed by atoms with Crippen LogP contribution in [-0.2, 0) is 5.41 Å². The molecular weight excluding hydrogens is 414 g/mol. The van der Waals surface area contributed by atoms with Crippen molar-refractivity contribution in [2.75, 3.05) is 0 Å². The quantitative estimate of drug-likeness (QED) is 0.316. The minimum atomic E-state index is -0.313. The zero-order valence-corrected chi connectivity index (χ0v) is 18.8. The summed E-state index contributed by atoms with van der Waals surface area (Å²) in [5.74, 6) is 1.10. The van der Waals surface area contributed by atoms with E-state index in [9.17, 15) is 0 Å². The van der Waals surface area contributed by atoms with Crippen LogP contribution in [0.3, 0.4) is 0 Å². The lowest BCUT2D eigenvalue weighted by Gasteiger charge is -2.38. The number of benzene rings is 4. The Hall–Kier alpha value is -3.88. The molecule has 34 heavy (non-hydrogen) atoms. The molecule has 3 atom stereocenters. The van der Waals surface area contributed by atoms with Crippen LogP contribution >= 0.6 is 0 Å². The first kappa shape index (κ1) is 19.6. The van der Waals surface area contributed by atoms with Crippen molar-refractivity contribution < 1.29 is 4.42 Å². The zero-order chi connectivity index (χ0) is 22.5. The maximum absolute atomic E-state index is 6.23. The zero-order valence-electron chi connectivity index (χ0n) is 18.8. The van der Waals surface area contributed by atoms with E-state index < -0.39 is 0 Å². The van der Waals surface area contributed by atoms with Crippen molar-refractivity contribution in [3.8, 4) is 11.1 Å². The average molecular weight is 440 g/mol. The average Bonchev–Trinajstić information content (AvgIpc) is 3.62. The Morgan fingerprint density at radius 1 is 0.559 bits per heavy atom. The molecule has 7 rings (SSSR count). The van der Waals surface area contributed by atoms with Crippen LogP contribution in [0.1, 0.15) is 46.0 Å². The first-order valence-electron chi connectivity index (χ1n) is 12.0. The van der Waals surface area contributed by atoms with Crippen LogP contribution in [0.5, 0.6) is 0 Å². The molecule has 1 spiro atoms. The number of rotatable bonds is 3. The molecule has 1 aliphatic heterocycles. The third kappa shape index (κ3) is 2.60. The van der Waals surface area contributed by atoms with Crippen LogP contribution in [0.2, 0.25) is 0 Å². The third-order valence-electron chi connectivity index (χ3n) is 7.80. The van der Waals surface area contributed by atoms with Crippen molar-refractivity contribution in [3.05, 3.63) is 156 Å². The van der Waals surface area contributed by atoms with E-state index in [4.69, 9.17) is 4.42 Å². The minimum absolute atomic E-state index is 0.0822. The third-order valence-corrected chi connectivity index (χ3v) is 7.80. The van der Waals surface area contributed by atoms with E-state index in [1.807, 2.05) is 12.3 Å². The Labute approximate surface area is 199 Å². The van der Waals surface area contributed by atoms with Gasteiger partial charge in [-0.1, -0.05) is 109 Å². The lowest BCUT2D eigenvalue weighted by Crippen LogP contribution is -2.36. The van der Waals surface area contributed by atoms with Gasteiger partial charge in [-0.15, -0.1) is 0 Å². The normalized spacial score (nSPS) is 21.9. The molecule has 1 saturated heterocycles. The smallest absolute Gasteiger partial charge is 0.110 e. The fraction of sp³-hybridized carbons (Fsp3) is 0.125. The van der Waals surface area contributed by atoms with Crippen molar-refractivity contribution in [1.82, 2.24) is 5.32 Å². The van der Waals surface area contributed by atoms with E-state index in [1.54, 1.807) is 0 Å². The van der Waals surface area contributed by atoms with Crippen LogP contribution in [0.15, 0.2) is 132 Å². The van der Waals surface area contributed by atoms with Gasteiger partial charge in [0.1, 0.15) is 5.76 Å². The molecule has 0 bridgehead atoms. The number of hydrogen-bond acceptors (Lipinski definition) is 2. The van der Waals surface area contributed by atoms with Crippen molar-refractivity contribution in [1.29, 1.82) is 0 Å². The summed E-state index contributed by atoms with van der Waals surface area (Å²) in [6.07, 6.45) is 1.81. The lowest BCUT2D eigenvalue weighted by atomic mass is 9.62. The minimum Gasteiger partial charge on any atom is -0.469 e. The first-order chi connectivity index (χ1) is 16.9. The SMILES string of the molecule is c1ccc([C@H]2N[C@@H](c3ccccc3)C3(c4ccccc4-c4ccccc43)[C@H]2c2ccco2)cc1. The van der Waals surface area contributed by atoms with E-state index in [2.05, 4.69) is 121 Å². The summed E-state index contributed by atoms with van der Waals surface area (Å²) in [4.78, 5) is 0. The number of nitrogens with one attached hydrogen (secondary N) is 1. The van der Waals surface area contributed by atoms with Gasteiger partial charge in [-0.2, -0.15) is 0 Å². The molecule has 2 heterocycles. The van der Waals surface area contributed by atoms with Crippen molar-refractivity contribution >= 4 is 0 Å². The Morgan fingerprint density at radius 3 is 1.71 bits per heavy atom. The summed E-state index contributed by atoms with van der Waals surface area (Å²) in [6.45, 7) is 0. The number of furan rings is 1. The van der Waals surface area contributed by atoms with Gasteiger partial charge in [0.05, 0.1) is 17.6 Å². The summed E-state index contributed by atoms with van der Waals surface area (Å²) in [6, 6.07) is 44.0. The van der Waals surface area contributed by atoms with Gasteiger partial charge in [0.25, 0.3) is 0 Å². The summed E-state index contributed by atoms with van der Waals surface area (Å²) < 4.78 is 6.23. The Kier molecular flexibility index (Phi) is 4.36. The lowest BCUT2D eigenvalue weighted by molar-refractivity contribution is 0.359. The summed E-state index contributed by atoms with van der Waals surface area (Å²) in [5, 5.41) is 4.12. The molecule has 1 N–H and O–H groups in total. The van der Waals surface area contributed by atoms with Gasteiger partial charge in [-0.05, 0) is 45.5 Å². The molecule has 1 aliphatic carbocycles. The van der Waals surface area contributed by atoms with Gasteiger partial charge in [0, 0.05) is 12.1 Å². The Bertz CT molecular complexity index is 1390. The summed E-state index contributed by atoms with van der Waals surface area (Å²) in [7, 11) is 0. The second-order valence-electron chi connectivity index (χ2n) is 9.35. The molecule has 2 aliphatic rings. The maximum atomic E-state index is 6.23. The molecule has 1 fully saturated rings. The van der Waals surface area contributed by atoms with E-state index in [1.165, 1.54) is 33.4 Å². The van der Waals surface area contributed by atoms with E-state index >= 15 is 0 Å². The molecule has 164 valence electrons. The topological polar surface area (TPSA) is 25.2 Å². The van der Waals surface area contributed by atoms with Gasteiger partial charge < -0.3 is 9.73 Å². The van der Waals surface area contributed by atoms with E-state index in [0.29, 0.717) is 0 Å². The van der Waals surface area contributed by atoms with Gasteiger partial charge in [-0.25, -0.2) is 0 Å². The fourth-order valence-electron chi connectivity index (χ4n) is 6.61. The van der Waals surface area contributed by atoms with Crippen LogP contribution in [0, 0.1) is 0 Å². The second-order valence-corrected chi connectivity index (χ2v) is 9.35. The predicted octanol–water partition coefficient (Wildman–Crippen LogP) is 7.42. The molecule has 2 nitrogen and oxygen atoms in total. The number of hydrogen-bond donors (Lipinski definition) is 1. The van der Waals surface area contributed by atoms with Gasteiger partial charge >= 0.3 is 0 Å². The second kappa shape index (κ2) is 7.58. The van der Waals surface area contributed by atoms with Crippen LogP contribution in [0.25, 0.3) is 11.1 Å². The van der Waals surface area contributed by atoms with Gasteiger partial charge in [0.15, 0.2) is 0 Å². The molecule has 0 unspecified atom stereocenters. The van der Waals surface area contributed by atoms with Crippen LogP contribution in [0.4, 0.5) is 0 Å². The summed E-state index contributed by atoms with van der Waals surface area (Å²) >= 11 is 0. The van der Waals surface area contributed by atoms with Crippen molar-refractivity contribution in [2.45, 2.75) is 23.4 Å². The van der Waals surface area contributed by atoms with Crippen LogP contribution in [-0.4, -0.2) is 0 Å². The van der Waals surface area contributed by atoms with E-state index in [0.717, 1.165) is 5.76 Å². The molecule has 2 heteroatoms. The molecule has 4 aromatic carbocycles. The highest BCUT2D eigenvalue weighted by Crippen LogP contribution is 2.67. The monoisotopic (exact) mass is 439 g/mol.